The Morgan fingerprint density at radius 1 is 1.33 bits per heavy atom. The highest BCUT2D eigenvalue weighted by Crippen LogP contribution is 2.24. The molecule has 2 aliphatic heterocycles. The van der Waals surface area contributed by atoms with Crippen LogP contribution in [0.1, 0.15) is 12.8 Å². The van der Waals surface area contributed by atoms with Crippen LogP contribution in [-0.4, -0.2) is 56.5 Å². The second kappa shape index (κ2) is 5.93. The summed E-state index contributed by atoms with van der Waals surface area (Å²) in [6.45, 7) is 2.51. The second-order valence-corrected chi connectivity index (χ2v) is 5.35. The van der Waals surface area contributed by atoms with Crippen molar-refractivity contribution in [2.45, 2.75) is 25.3 Å². The molecular weight excluding hydrogens is 240 g/mol. The zero-order valence-corrected chi connectivity index (χ0v) is 10.7. The van der Waals surface area contributed by atoms with Crippen LogP contribution in [0.4, 0.5) is 8.78 Å². The zero-order valence-electron chi connectivity index (χ0n) is 10.7. The first-order valence-electron chi connectivity index (χ1n) is 6.55. The van der Waals surface area contributed by atoms with Crippen LogP contribution in [0.5, 0.6) is 0 Å². The highest BCUT2D eigenvalue weighted by Gasteiger charge is 2.39. The van der Waals surface area contributed by atoms with Crippen molar-refractivity contribution >= 4 is 5.91 Å². The molecule has 104 valence electrons. The third kappa shape index (κ3) is 3.17. The monoisotopic (exact) mass is 261 g/mol. The van der Waals surface area contributed by atoms with E-state index in [0.717, 1.165) is 25.9 Å². The molecule has 0 bridgehead atoms. The Bertz CT molecular complexity index is 293. The van der Waals surface area contributed by atoms with Gasteiger partial charge in [0.2, 0.25) is 12.3 Å². The summed E-state index contributed by atoms with van der Waals surface area (Å²) in [5.74, 6) is -1.62. The van der Waals surface area contributed by atoms with Crippen LogP contribution in [0.25, 0.3) is 0 Å². The number of amides is 1. The van der Waals surface area contributed by atoms with Gasteiger partial charge in [-0.15, -0.1) is 0 Å². The quantitative estimate of drug-likeness (QED) is 0.768. The lowest BCUT2D eigenvalue weighted by Gasteiger charge is -2.30. The molecule has 0 radical (unpaired) electrons. The number of halogens is 2. The minimum Gasteiger partial charge on any atom is -0.353 e. The summed E-state index contributed by atoms with van der Waals surface area (Å²) < 4.78 is 25.5. The van der Waals surface area contributed by atoms with Crippen molar-refractivity contribution in [2.24, 2.45) is 11.8 Å². The van der Waals surface area contributed by atoms with Gasteiger partial charge in [0.15, 0.2) is 0 Å². The van der Waals surface area contributed by atoms with E-state index in [9.17, 15) is 13.6 Å². The molecule has 0 aromatic carbocycles. The van der Waals surface area contributed by atoms with Gasteiger partial charge in [0.1, 0.15) is 0 Å². The third-order valence-electron chi connectivity index (χ3n) is 3.99. The highest BCUT2D eigenvalue weighted by molar-refractivity contribution is 5.80. The molecule has 2 N–H and O–H groups in total. The molecule has 2 saturated heterocycles. The molecule has 2 atom stereocenters. The molecule has 2 aliphatic rings. The van der Waals surface area contributed by atoms with Gasteiger partial charge >= 0.3 is 0 Å². The minimum absolute atomic E-state index is 0.146. The first-order chi connectivity index (χ1) is 8.58. The van der Waals surface area contributed by atoms with Gasteiger partial charge in [-0.3, -0.25) is 4.79 Å². The number of carbonyl (C=O) groups excluding carboxylic acids is 1. The molecule has 0 aliphatic carbocycles. The van der Waals surface area contributed by atoms with E-state index in [2.05, 4.69) is 15.5 Å². The number of piperidine rings is 1. The summed E-state index contributed by atoms with van der Waals surface area (Å²) in [5, 5.41) is 5.81. The first-order valence-corrected chi connectivity index (χ1v) is 6.55. The van der Waals surface area contributed by atoms with E-state index in [4.69, 9.17) is 0 Å². The molecule has 6 heteroatoms. The summed E-state index contributed by atoms with van der Waals surface area (Å²) in [6, 6.07) is 0.146. The maximum atomic E-state index is 12.8. The number of hydrogen-bond donors (Lipinski definition) is 2. The molecule has 2 fully saturated rings. The van der Waals surface area contributed by atoms with E-state index in [-0.39, 0.29) is 18.5 Å². The molecular formula is C12H21F2N3O. The van der Waals surface area contributed by atoms with E-state index in [0.29, 0.717) is 6.54 Å². The second-order valence-electron chi connectivity index (χ2n) is 5.35. The fraction of sp³-hybridized carbons (Fsp3) is 0.917. The van der Waals surface area contributed by atoms with Crippen molar-refractivity contribution in [3.63, 3.8) is 0 Å². The van der Waals surface area contributed by atoms with Gasteiger partial charge in [0.05, 0.1) is 5.92 Å². The molecule has 1 amide bonds. The number of alkyl halides is 2. The van der Waals surface area contributed by atoms with E-state index in [1.807, 2.05) is 7.05 Å². The Hall–Kier alpha value is -0.750. The number of rotatable bonds is 3. The molecule has 2 heterocycles. The topological polar surface area (TPSA) is 44.4 Å². The van der Waals surface area contributed by atoms with Gasteiger partial charge in [-0.2, -0.15) is 0 Å². The van der Waals surface area contributed by atoms with Gasteiger partial charge in [-0.25, -0.2) is 8.78 Å². The number of carbonyl (C=O) groups is 1. The highest BCUT2D eigenvalue weighted by atomic mass is 19.3. The van der Waals surface area contributed by atoms with Crippen molar-refractivity contribution in [2.75, 3.05) is 33.2 Å². The lowest BCUT2D eigenvalue weighted by Crippen LogP contribution is -2.47. The van der Waals surface area contributed by atoms with E-state index < -0.39 is 18.3 Å². The maximum Gasteiger partial charge on any atom is 0.243 e. The van der Waals surface area contributed by atoms with E-state index >= 15 is 0 Å². The van der Waals surface area contributed by atoms with Crippen LogP contribution in [0.2, 0.25) is 0 Å². The van der Waals surface area contributed by atoms with Crippen molar-refractivity contribution in [3.05, 3.63) is 0 Å². The van der Waals surface area contributed by atoms with Crippen LogP contribution in [0, 0.1) is 11.8 Å². The van der Waals surface area contributed by atoms with Gasteiger partial charge < -0.3 is 15.5 Å². The van der Waals surface area contributed by atoms with E-state index in [1.165, 1.54) is 0 Å². The fourth-order valence-corrected chi connectivity index (χ4v) is 2.71. The summed E-state index contributed by atoms with van der Waals surface area (Å²) in [7, 11) is 2.05. The lowest BCUT2D eigenvalue weighted by molar-refractivity contribution is -0.128. The fourth-order valence-electron chi connectivity index (χ4n) is 2.71. The standard InChI is InChI=1S/C12H21F2N3O/c1-17-4-2-8(3-5-17)16-12(18)10-7-15-6-9(10)11(13)14/h8-11,15H,2-7H2,1H3,(H,16,18). The van der Waals surface area contributed by atoms with Gasteiger partial charge in [0.25, 0.3) is 0 Å². The van der Waals surface area contributed by atoms with Gasteiger partial charge in [-0.05, 0) is 33.0 Å². The van der Waals surface area contributed by atoms with Gasteiger partial charge in [0, 0.05) is 25.0 Å². The number of nitrogens with zero attached hydrogens (tertiary/aromatic N) is 1. The third-order valence-corrected chi connectivity index (χ3v) is 3.99. The average Bonchev–Trinajstić information content (AvgIpc) is 2.81. The summed E-state index contributed by atoms with van der Waals surface area (Å²) in [6.07, 6.45) is -0.614. The molecule has 0 spiro atoms. The SMILES string of the molecule is CN1CCC(NC(=O)C2CNCC2C(F)F)CC1. The summed E-state index contributed by atoms with van der Waals surface area (Å²) >= 11 is 0. The molecule has 0 aromatic rings. The van der Waals surface area contributed by atoms with Crippen molar-refractivity contribution in [3.8, 4) is 0 Å². The number of likely N-dealkylation sites (tertiary alicyclic amines) is 1. The Balaban J connectivity index is 1.84. The largest absolute Gasteiger partial charge is 0.353 e. The summed E-state index contributed by atoms with van der Waals surface area (Å²) in [4.78, 5) is 14.2. The van der Waals surface area contributed by atoms with Crippen LogP contribution >= 0.6 is 0 Å². The molecule has 18 heavy (non-hydrogen) atoms. The van der Waals surface area contributed by atoms with E-state index in [1.54, 1.807) is 0 Å². The number of hydrogen-bond acceptors (Lipinski definition) is 3. The molecule has 4 nitrogen and oxygen atoms in total. The Labute approximate surface area is 106 Å². The van der Waals surface area contributed by atoms with Crippen molar-refractivity contribution in [1.82, 2.24) is 15.5 Å². The van der Waals surface area contributed by atoms with Crippen molar-refractivity contribution in [1.29, 1.82) is 0 Å². The van der Waals surface area contributed by atoms with Gasteiger partial charge in [-0.1, -0.05) is 0 Å². The van der Waals surface area contributed by atoms with Crippen LogP contribution in [-0.2, 0) is 4.79 Å². The molecule has 0 aromatic heterocycles. The Morgan fingerprint density at radius 2 is 2.00 bits per heavy atom. The molecule has 2 rings (SSSR count). The van der Waals surface area contributed by atoms with Crippen LogP contribution < -0.4 is 10.6 Å². The summed E-state index contributed by atoms with van der Waals surface area (Å²) in [5.41, 5.74) is 0. The smallest absolute Gasteiger partial charge is 0.243 e. The maximum absolute atomic E-state index is 12.8. The lowest BCUT2D eigenvalue weighted by atomic mass is 9.94. The first kappa shape index (κ1) is 13.7. The zero-order chi connectivity index (χ0) is 13.1. The molecule has 0 saturated carbocycles. The average molecular weight is 261 g/mol. The molecule has 2 unspecified atom stereocenters. The minimum atomic E-state index is -2.42. The Kier molecular flexibility index (Phi) is 4.50. The predicted octanol–water partition coefficient (Wildman–Crippen LogP) is 0.298. The van der Waals surface area contributed by atoms with Crippen LogP contribution in [0.3, 0.4) is 0 Å². The Morgan fingerprint density at radius 3 is 2.61 bits per heavy atom. The van der Waals surface area contributed by atoms with Crippen LogP contribution in [0.15, 0.2) is 0 Å². The van der Waals surface area contributed by atoms with Crippen molar-refractivity contribution < 1.29 is 13.6 Å². The number of nitrogens with one attached hydrogen (secondary N) is 2. The predicted molar refractivity (Wildman–Crippen MR) is 64.5 cm³/mol. The normalized spacial score (nSPS) is 30.9.